The molecule has 0 radical (unpaired) electrons. The molecule has 2 N–H and O–H groups in total. The standard InChI is InChI=1S/C19H18N2O3/c1-13-5-6-14(10-20)9-19(13)24-12-15(22)11-23-18-4-2-3-17-16(18)7-8-21-17/h2-9,15,21-22H,11-12H2,1H3. The van der Waals surface area contributed by atoms with Crippen molar-refractivity contribution < 1.29 is 14.6 Å². The summed E-state index contributed by atoms with van der Waals surface area (Å²) in [5, 5.41) is 20.0. The Morgan fingerprint density at radius 1 is 1.12 bits per heavy atom. The molecule has 2 aromatic carbocycles. The largest absolute Gasteiger partial charge is 0.490 e. The minimum Gasteiger partial charge on any atom is -0.490 e. The number of rotatable bonds is 6. The number of aliphatic hydroxyl groups is 1. The van der Waals surface area contributed by atoms with E-state index in [0.717, 1.165) is 22.2 Å². The summed E-state index contributed by atoms with van der Waals surface area (Å²) in [6, 6.07) is 15.0. The Labute approximate surface area is 140 Å². The number of fused-ring (bicyclic) bond motifs is 1. The monoisotopic (exact) mass is 322 g/mol. The van der Waals surface area contributed by atoms with Gasteiger partial charge >= 0.3 is 0 Å². The second-order valence-corrected chi connectivity index (χ2v) is 5.56. The van der Waals surface area contributed by atoms with Crippen molar-refractivity contribution in [1.82, 2.24) is 4.98 Å². The zero-order valence-electron chi connectivity index (χ0n) is 13.3. The summed E-state index contributed by atoms with van der Waals surface area (Å²) >= 11 is 0. The minimum absolute atomic E-state index is 0.0961. The lowest BCUT2D eigenvalue weighted by atomic mass is 10.1. The van der Waals surface area contributed by atoms with Crippen LogP contribution in [0, 0.1) is 18.3 Å². The molecular formula is C19H18N2O3. The average Bonchev–Trinajstić information content (AvgIpc) is 3.08. The van der Waals surface area contributed by atoms with Crippen LogP contribution in [0.4, 0.5) is 0 Å². The maximum absolute atomic E-state index is 10.1. The number of H-pyrrole nitrogens is 1. The smallest absolute Gasteiger partial charge is 0.128 e. The number of nitrogens with one attached hydrogen (secondary N) is 1. The normalized spacial score (nSPS) is 11.9. The van der Waals surface area contributed by atoms with Gasteiger partial charge in [0, 0.05) is 17.1 Å². The van der Waals surface area contributed by atoms with Crippen LogP contribution in [0.5, 0.6) is 11.5 Å². The van der Waals surface area contributed by atoms with Crippen LogP contribution in [-0.2, 0) is 0 Å². The quantitative estimate of drug-likeness (QED) is 0.730. The summed E-state index contributed by atoms with van der Waals surface area (Å²) in [5.74, 6) is 1.32. The Kier molecular flexibility index (Phi) is 4.69. The van der Waals surface area contributed by atoms with Crippen molar-refractivity contribution >= 4 is 10.9 Å². The number of aromatic amines is 1. The van der Waals surface area contributed by atoms with Crippen molar-refractivity contribution in [1.29, 1.82) is 5.26 Å². The molecule has 5 nitrogen and oxygen atoms in total. The first kappa shape index (κ1) is 15.9. The lowest BCUT2D eigenvalue weighted by molar-refractivity contribution is 0.0629. The van der Waals surface area contributed by atoms with E-state index in [1.54, 1.807) is 12.1 Å². The molecule has 0 aliphatic rings. The zero-order chi connectivity index (χ0) is 16.9. The van der Waals surface area contributed by atoms with E-state index in [-0.39, 0.29) is 13.2 Å². The van der Waals surface area contributed by atoms with Crippen molar-refractivity contribution in [2.45, 2.75) is 13.0 Å². The van der Waals surface area contributed by atoms with E-state index in [1.807, 2.05) is 43.5 Å². The molecule has 24 heavy (non-hydrogen) atoms. The van der Waals surface area contributed by atoms with Gasteiger partial charge in [0.05, 0.1) is 11.6 Å². The van der Waals surface area contributed by atoms with Gasteiger partial charge in [-0.1, -0.05) is 12.1 Å². The second-order valence-electron chi connectivity index (χ2n) is 5.56. The Bertz CT molecular complexity index is 880. The fourth-order valence-corrected chi connectivity index (χ4v) is 2.43. The summed E-state index contributed by atoms with van der Waals surface area (Å²) in [7, 11) is 0. The predicted octanol–water partition coefficient (Wildman–Crippen LogP) is 3.17. The van der Waals surface area contributed by atoms with E-state index in [4.69, 9.17) is 14.7 Å². The van der Waals surface area contributed by atoms with E-state index in [2.05, 4.69) is 11.1 Å². The number of aromatic nitrogens is 1. The maximum Gasteiger partial charge on any atom is 0.128 e. The minimum atomic E-state index is -0.774. The Morgan fingerprint density at radius 2 is 1.92 bits per heavy atom. The molecule has 122 valence electrons. The van der Waals surface area contributed by atoms with Crippen LogP contribution >= 0.6 is 0 Å². The van der Waals surface area contributed by atoms with Crippen LogP contribution in [0.15, 0.2) is 48.7 Å². The zero-order valence-corrected chi connectivity index (χ0v) is 13.3. The van der Waals surface area contributed by atoms with Crippen LogP contribution in [0.3, 0.4) is 0 Å². The molecule has 3 rings (SSSR count). The summed E-state index contributed by atoms with van der Waals surface area (Å²) in [5.41, 5.74) is 2.43. The van der Waals surface area contributed by atoms with Gasteiger partial charge in [-0.2, -0.15) is 5.26 Å². The van der Waals surface area contributed by atoms with Gasteiger partial charge in [-0.3, -0.25) is 0 Å². The lowest BCUT2D eigenvalue weighted by Gasteiger charge is -2.15. The van der Waals surface area contributed by atoms with Gasteiger partial charge in [0.2, 0.25) is 0 Å². The van der Waals surface area contributed by atoms with Gasteiger partial charge in [-0.25, -0.2) is 0 Å². The molecule has 5 heteroatoms. The van der Waals surface area contributed by atoms with Gasteiger partial charge in [-0.05, 0) is 42.8 Å². The summed E-state index contributed by atoms with van der Waals surface area (Å²) in [6.45, 7) is 2.12. The summed E-state index contributed by atoms with van der Waals surface area (Å²) in [6.07, 6.45) is 1.08. The van der Waals surface area contributed by atoms with Crippen LogP contribution in [-0.4, -0.2) is 29.4 Å². The van der Waals surface area contributed by atoms with Crippen molar-refractivity contribution in [2.24, 2.45) is 0 Å². The fraction of sp³-hybridized carbons (Fsp3) is 0.211. The Morgan fingerprint density at radius 3 is 2.71 bits per heavy atom. The molecule has 1 aromatic heterocycles. The van der Waals surface area contributed by atoms with E-state index < -0.39 is 6.10 Å². The number of aryl methyl sites for hydroxylation is 1. The number of ether oxygens (including phenoxy) is 2. The third-order valence-corrected chi connectivity index (χ3v) is 3.73. The molecular weight excluding hydrogens is 304 g/mol. The summed E-state index contributed by atoms with van der Waals surface area (Å²) in [4.78, 5) is 3.12. The molecule has 0 aliphatic heterocycles. The van der Waals surface area contributed by atoms with Crippen LogP contribution < -0.4 is 9.47 Å². The van der Waals surface area contributed by atoms with Crippen molar-refractivity contribution in [3.8, 4) is 17.6 Å². The van der Waals surface area contributed by atoms with Crippen molar-refractivity contribution in [2.75, 3.05) is 13.2 Å². The maximum atomic E-state index is 10.1. The highest BCUT2D eigenvalue weighted by atomic mass is 16.5. The molecule has 0 bridgehead atoms. The first-order chi connectivity index (χ1) is 11.7. The third kappa shape index (κ3) is 3.50. The topological polar surface area (TPSA) is 78.3 Å². The van der Waals surface area contributed by atoms with Gasteiger partial charge in [0.15, 0.2) is 0 Å². The van der Waals surface area contributed by atoms with Gasteiger partial charge < -0.3 is 19.6 Å². The van der Waals surface area contributed by atoms with E-state index >= 15 is 0 Å². The number of aliphatic hydroxyl groups excluding tert-OH is 1. The van der Waals surface area contributed by atoms with Crippen molar-refractivity contribution in [3.63, 3.8) is 0 Å². The molecule has 1 heterocycles. The molecule has 0 amide bonds. The summed E-state index contributed by atoms with van der Waals surface area (Å²) < 4.78 is 11.3. The lowest BCUT2D eigenvalue weighted by Crippen LogP contribution is -2.25. The molecule has 3 aromatic rings. The molecule has 0 aliphatic carbocycles. The number of hydrogen-bond donors (Lipinski definition) is 2. The van der Waals surface area contributed by atoms with Gasteiger partial charge in [0.1, 0.15) is 30.8 Å². The number of nitrogens with zero attached hydrogens (tertiary/aromatic N) is 1. The molecule has 0 saturated heterocycles. The first-order valence-electron chi connectivity index (χ1n) is 7.68. The van der Waals surface area contributed by atoms with E-state index in [9.17, 15) is 5.11 Å². The molecule has 0 spiro atoms. The highest BCUT2D eigenvalue weighted by Gasteiger charge is 2.10. The highest BCUT2D eigenvalue weighted by Crippen LogP contribution is 2.24. The van der Waals surface area contributed by atoms with Gasteiger partial charge in [0.25, 0.3) is 0 Å². The molecule has 1 unspecified atom stereocenters. The van der Waals surface area contributed by atoms with Crippen LogP contribution in [0.2, 0.25) is 0 Å². The number of nitriles is 1. The van der Waals surface area contributed by atoms with Gasteiger partial charge in [-0.15, -0.1) is 0 Å². The molecule has 0 fully saturated rings. The number of hydrogen-bond acceptors (Lipinski definition) is 4. The Hall–Kier alpha value is -2.97. The average molecular weight is 322 g/mol. The number of benzene rings is 2. The van der Waals surface area contributed by atoms with Crippen molar-refractivity contribution in [3.05, 3.63) is 59.8 Å². The fourth-order valence-electron chi connectivity index (χ4n) is 2.43. The SMILES string of the molecule is Cc1ccc(C#N)cc1OCC(O)COc1cccc2[nH]ccc12. The second kappa shape index (κ2) is 7.07. The van der Waals surface area contributed by atoms with Crippen LogP contribution in [0.25, 0.3) is 10.9 Å². The van der Waals surface area contributed by atoms with Crippen LogP contribution in [0.1, 0.15) is 11.1 Å². The predicted molar refractivity (Wildman–Crippen MR) is 91.2 cm³/mol. The molecule has 0 saturated carbocycles. The highest BCUT2D eigenvalue weighted by molar-refractivity contribution is 5.85. The van der Waals surface area contributed by atoms with E-state index in [0.29, 0.717) is 11.3 Å². The first-order valence-corrected chi connectivity index (χ1v) is 7.68. The third-order valence-electron chi connectivity index (χ3n) is 3.73. The van der Waals surface area contributed by atoms with E-state index in [1.165, 1.54) is 0 Å². The Balaban J connectivity index is 1.57. The molecule has 1 atom stereocenters.